The molecule has 0 spiro atoms. The van der Waals surface area contributed by atoms with Crippen LogP contribution in [-0.4, -0.2) is 6.29 Å². The Morgan fingerprint density at radius 2 is 2.00 bits per heavy atom. The number of carbonyl (C=O) groups is 1. The highest BCUT2D eigenvalue weighted by Gasteiger charge is 2.51. The van der Waals surface area contributed by atoms with Crippen LogP contribution < -0.4 is 0 Å². The summed E-state index contributed by atoms with van der Waals surface area (Å²) in [6.07, 6.45) is 9.97. The number of hydrogen-bond donors (Lipinski definition) is 0. The Balaban J connectivity index is 2.88. The molecule has 0 N–H and O–H groups in total. The molecule has 0 bridgehead atoms. The Labute approximate surface area is 105 Å². The molecule has 1 aliphatic carbocycles. The van der Waals surface area contributed by atoms with Crippen molar-refractivity contribution < 1.29 is 4.79 Å². The lowest BCUT2D eigenvalue weighted by Gasteiger charge is -2.38. The molecular formula is C16H24O. The minimum absolute atomic E-state index is 0.0536. The monoisotopic (exact) mass is 232 g/mol. The SMILES string of the molecule is C=C/C=C(\C=C)CC1CCC(C)(C=O)C1(C)C. The molecule has 94 valence electrons. The second kappa shape index (κ2) is 5.03. The highest BCUT2D eigenvalue weighted by Crippen LogP contribution is 2.56. The maximum atomic E-state index is 11.3. The van der Waals surface area contributed by atoms with Gasteiger partial charge < -0.3 is 4.79 Å². The van der Waals surface area contributed by atoms with Crippen molar-refractivity contribution in [3.8, 4) is 0 Å². The zero-order valence-corrected chi connectivity index (χ0v) is 11.3. The summed E-state index contributed by atoms with van der Waals surface area (Å²) in [7, 11) is 0. The van der Waals surface area contributed by atoms with Crippen molar-refractivity contribution >= 4 is 6.29 Å². The van der Waals surface area contributed by atoms with E-state index < -0.39 is 0 Å². The molecule has 1 rings (SSSR count). The van der Waals surface area contributed by atoms with Gasteiger partial charge in [0, 0.05) is 5.41 Å². The van der Waals surface area contributed by atoms with E-state index in [1.54, 1.807) is 6.08 Å². The van der Waals surface area contributed by atoms with Crippen LogP contribution in [0.1, 0.15) is 40.0 Å². The summed E-state index contributed by atoms with van der Waals surface area (Å²) >= 11 is 0. The summed E-state index contributed by atoms with van der Waals surface area (Å²) in [4.78, 5) is 11.3. The first kappa shape index (κ1) is 14.0. The fourth-order valence-electron chi connectivity index (χ4n) is 2.85. The van der Waals surface area contributed by atoms with E-state index in [4.69, 9.17) is 0 Å². The molecule has 0 radical (unpaired) electrons. The smallest absolute Gasteiger partial charge is 0.126 e. The van der Waals surface area contributed by atoms with E-state index in [0.29, 0.717) is 5.92 Å². The van der Waals surface area contributed by atoms with E-state index in [9.17, 15) is 4.79 Å². The van der Waals surface area contributed by atoms with Gasteiger partial charge in [-0.3, -0.25) is 0 Å². The minimum atomic E-state index is -0.182. The quantitative estimate of drug-likeness (QED) is 0.509. The van der Waals surface area contributed by atoms with Crippen molar-refractivity contribution in [2.45, 2.75) is 40.0 Å². The van der Waals surface area contributed by atoms with E-state index in [-0.39, 0.29) is 10.8 Å². The zero-order valence-electron chi connectivity index (χ0n) is 11.3. The van der Waals surface area contributed by atoms with Gasteiger partial charge in [0.05, 0.1) is 0 Å². The fraction of sp³-hybridized carbons (Fsp3) is 0.562. The van der Waals surface area contributed by atoms with E-state index in [1.165, 1.54) is 5.57 Å². The third kappa shape index (κ3) is 2.43. The van der Waals surface area contributed by atoms with E-state index in [1.807, 2.05) is 12.2 Å². The molecule has 1 saturated carbocycles. The summed E-state index contributed by atoms with van der Waals surface area (Å²) in [6, 6.07) is 0. The van der Waals surface area contributed by atoms with Gasteiger partial charge in [-0.2, -0.15) is 0 Å². The Hall–Kier alpha value is -1.11. The largest absolute Gasteiger partial charge is 0.303 e. The third-order valence-electron chi connectivity index (χ3n) is 4.84. The molecule has 0 aromatic heterocycles. The molecule has 0 aromatic carbocycles. The number of allylic oxidation sites excluding steroid dienone is 4. The molecule has 1 heteroatoms. The third-order valence-corrected chi connectivity index (χ3v) is 4.84. The van der Waals surface area contributed by atoms with Crippen LogP contribution >= 0.6 is 0 Å². The van der Waals surface area contributed by atoms with Crippen molar-refractivity contribution in [1.29, 1.82) is 0 Å². The molecule has 1 aliphatic rings. The number of aldehydes is 1. The molecule has 0 heterocycles. The molecule has 0 aromatic rings. The van der Waals surface area contributed by atoms with Gasteiger partial charge in [-0.15, -0.1) is 0 Å². The van der Waals surface area contributed by atoms with E-state index in [2.05, 4.69) is 33.9 Å². The van der Waals surface area contributed by atoms with Gasteiger partial charge in [-0.25, -0.2) is 0 Å². The molecular weight excluding hydrogens is 208 g/mol. The van der Waals surface area contributed by atoms with Crippen molar-refractivity contribution in [2.24, 2.45) is 16.7 Å². The zero-order chi connectivity index (χ0) is 13.1. The van der Waals surface area contributed by atoms with Crippen LogP contribution in [0.4, 0.5) is 0 Å². The summed E-state index contributed by atoms with van der Waals surface area (Å²) < 4.78 is 0. The summed E-state index contributed by atoms with van der Waals surface area (Å²) in [6.45, 7) is 14.1. The lowest BCUT2D eigenvalue weighted by atomic mass is 9.65. The summed E-state index contributed by atoms with van der Waals surface area (Å²) in [5.41, 5.74) is 1.09. The van der Waals surface area contributed by atoms with Gasteiger partial charge in [0.2, 0.25) is 0 Å². The number of carbonyl (C=O) groups excluding carboxylic acids is 1. The molecule has 0 aliphatic heterocycles. The Morgan fingerprint density at radius 1 is 1.35 bits per heavy atom. The first-order valence-corrected chi connectivity index (χ1v) is 6.31. The molecule has 0 amide bonds. The number of rotatable bonds is 5. The lowest BCUT2D eigenvalue weighted by Crippen LogP contribution is -2.35. The molecule has 1 fully saturated rings. The van der Waals surface area contributed by atoms with Crippen molar-refractivity contribution in [1.82, 2.24) is 0 Å². The fourth-order valence-corrected chi connectivity index (χ4v) is 2.85. The highest BCUT2D eigenvalue weighted by atomic mass is 16.1. The van der Waals surface area contributed by atoms with Crippen LogP contribution in [0.25, 0.3) is 0 Å². The maximum Gasteiger partial charge on any atom is 0.126 e. The van der Waals surface area contributed by atoms with Crippen molar-refractivity contribution in [3.63, 3.8) is 0 Å². The average molecular weight is 232 g/mol. The Bertz CT molecular complexity index is 349. The second-order valence-electron chi connectivity index (χ2n) is 5.88. The normalized spacial score (nSPS) is 32.2. The second-order valence-corrected chi connectivity index (χ2v) is 5.88. The predicted octanol–water partition coefficient (Wildman–Crippen LogP) is 4.32. The van der Waals surface area contributed by atoms with E-state index >= 15 is 0 Å². The molecule has 2 unspecified atom stereocenters. The van der Waals surface area contributed by atoms with Gasteiger partial charge in [0.15, 0.2) is 0 Å². The molecule has 2 atom stereocenters. The molecule has 0 saturated heterocycles. The predicted molar refractivity (Wildman–Crippen MR) is 73.8 cm³/mol. The lowest BCUT2D eigenvalue weighted by molar-refractivity contribution is -0.120. The number of hydrogen-bond acceptors (Lipinski definition) is 1. The van der Waals surface area contributed by atoms with Gasteiger partial charge in [0.1, 0.15) is 6.29 Å². The van der Waals surface area contributed by atoms with Crippen LogP contribution in [0.2, 0.25) is 0 Å². The van der Waals surface area contributed by atoms with Gasteiger partial charge in [0.25, 0.3) is 0 Å². The maximum absolute atomic E-state index is 11.3. The summed E-state index contributed by atoms with van der Waals surface area (Å²) in [5, 5.41) is 0. The van der Waals surface area contributed by atoms with Crippen LogP contribution in [0.15, 0.2) is 37.0 Å². The van der Waals surface area contributed by atoms with Crippen molar-refractivity contribution in [2.75, 3.05) is 0 Å². The topological polar surface area (TPSA) is 17.1 Å². The van der Waals surface area contributed by atoms with E-state index in [0.717, 1.165) is 25.5 Å². The van der Waals surface area contributed by atoms with Crippen LogP contribution in [-0.2, 0) is 4.79 Å². The standard InChI is InChI=1S/C16H24O/c1-6-8-13(7-2)11-14-9-10-16(5,12-17)15(14,3)4/h6-8,12,14H,1-2,9-11H2,3-5H3/b13-8+. The Kier molecular flexibility index (Phi) is 4.13. The van der Waals surface area contributed by atoms with Crippen LogP contribution in [0.5, 0.6) is 0 Å². The van der Waals surface area contributed by atoms with Gasteiger partial charge in [-0.1, -0.05) is 52.2 Å². The minimum Gasteiger partial charge on any atom is -0.303 e. The Morgan fingerprint density at radius 3 is 2.41 bits per heavy atom. The average Bonchev–Trinajstić information content (AvgIpc) is 2.52. The van der Waals surface area contributed by atoms with Gasteiger partial charge >= 0.3 is 0 Å². The highest BCUT2D eigenvalue weighted by molar-refractivity contribution is 5.61. The van der Waals surface area contributed by atoms with Crippen molar-refractivity contribution in [3.05, 3.63) is 37.0 Å². The first-order valence-electron chi connectivity index (χ1n) is 6.31. The van der Waals surface area contributed by atoms with Crippen LogP contribution in [0.3, 0.4) is 0 Å². The first-order chi connectivity index (χ1) is 7.91. The molecule has 17 heavy (non-hydrogen) atoms. The van der Waals surface area contributed by atoms with Gasteiger partial charge in [-0.05, 0) is 36.2 Å². The van der Waals surface area contributed by atoms with Crippen LogP contribution in [0, 0.1) is 16.7 Å². The molecule has 1 nitrogen and oxygen atoms in total. The summed E-state index contributed by atoms with van der Waals surface area (Å²) in [5.74, 6) is 0.543.